The third-order valence-corrected chi connectivity index (χ3v) is 5.05. The minimum Gasteiger partial charge on any atom is -0.337 e. The highest BCUT2D eigenvalue weighted by Crippen LogP contribution is 2.22. The van der Waals surface area contributed by atoms with Crippen LogP contribution in [0.1, 0.15) is 21.6 Å². The van der Waals surface area contributed by atoms with Gasteiger partial charge in [-0.25, -0.2) is 9.67 Å². The second-order valence-electron chi connectivity index (χ2n) is 5.16. The number of amides is 1. The number of thiophene rings is 1. The van der Waals surface area contributed by atoms with Crippen LogP contribution in [0.25, 0.3) is 5.82 Å². The largest absolute Gasteiger partial charge is 0.337 e. The highest BCUT2D eigenvalue weighted by atomic mass is 79.9. The number of aromatic nitrogens is 3. The van der Waals surface area contributed by atoms with Gasteiger partial charge in [0.05, 0.1) is 21.2 Å². The van der Waals surface area contributed by atoms with Gasteiger partial charge in [0.1, 0.15) is 0 Å². The van der Waals surface area contributed by atoms with E-state index in [4.69, 9.17) is 0 Å². The quantitative estimate of drug-likeness (QED) is 0.682. The lowest BCUT2D eigenvalue weighted by molar-refractivity contribution is 0.0784. The van der Waals surface area contributed by atoms with Crippen LogP contribution < -0.4 is 0 Å². The molecule has 0 atom stereocenters. The molecule has 3 aromatic heterocycles. The second kappa shape index (κ2) is 6.64. The summed E-state index contributed by atoms with van der Waals surface area (Å²) in [6, 6.07) is 7.63. The van der Waals surface area contributed by atoms with Crippen molar-refractivity contribution in [3.05, 3.63) is 62.6 Å². The molecular formula is C16H15BrN4OS. The molecule has 0 aliphatic heterocycles. The van der Waals surface area contributed by atoms with E-state index in [1.807, 2.05) is 36.6 Å². The molecule has 0 unspecified atom stereocenters. The summed E-state index contributed by atoms with van der Waals surface area (Å²) in [6.45, 7) is 2.44. The van der Waals surface area contributed by atoms with E-state index in [1.54, 1.807) is 40.4 Å². The molecule has 23 heavy (non-hydrogen) atoms. The Morgan fingerprint density at radius 2 is 2.26 bits per heavy atom. The molecule has 0 spiro atoms. The summed E-state index contributed by atoms with van der Waals surface area (Å²) in [5.41, 5.74) is 2.48. The Balaban J connectivity index is 1.81. The van der Waals surface area contributed by atoms with E-state index >= 15 is 0 Å². The van der Waals surface area contributed by atoms with E-state index in [1.165, 1.54) is 0 Å². The Morgan fingerprint density at radius 3 is 2.91 bits per heavy atom. The van der Waals surface area contributed by atoms with Crippen molar-refractivity contribution in [2.75, 3.05) is 7.05 Å². The lowest BCUT2D eigenvalue weighted by atomic mass is 10.2. The first-order chi connectivity index (χ1) is 11.1. The number of carbonyl (C=O) groups is 1. The van der Waals surface area contributed by atoms with E-state index in [9.17, 15) is 4.79 Å². The first kappa shape index (κ1) is 15.9. The summed E-state index contributed by atoms with van der Waals surface area (Å²) in [4.78, 5) is 18.6. The van der Waals surface area contributed by atoms with Gasteiger partial charge in [0.15, 0.2) is 5.82 Å². The predicted molar refractivity (Wildman–Crippen MR) is 93.9 cm³/mol. The molecule has 3 heterocycles. The van der Waals surface area contributed by atoms with Crippen molar-refractivity contribution in [3.8, 4) is 5.82 Å². The molecule has 3 rings (SSSR count). The number of nitrogens with zero attached hydrogens (tertiary/aromatic N) is 4. The Kier molecular flexibility index (Phi) is 4.58. The van der Waals surface area contributed by atoms with Crippen molar-refractivity contribution in [1.29, 1.82) is 0 Å². The summed E-state index contributed by atoms with van der Waals surface area (Å²) < 4.78 is 2.75. The molecule has 3 aromatic rings. The van der Waals surface area contributed by atoms with E-state index < -0.39 is 0 Å². The lowest BCUT2D eigenvalue weighted by Crippen LogP contribution is -2.26. The van der Waals surface area contributed by atoms with Crippen LogP contribution in [-0.2, 0) is 6.54 Å². The number of carbonyl (C=O) groups excluding carboxylic acids is 1. The van der Waals surface area contributed by atoms with Crippen LogP contribution >= 0.6 is 27.3 Å². The molecule has 0 bridgehead atoms. The molecule has 0 saturated carbocycles. The molecule has 7 heteroatoms. The number of hydrogen-bond acceptors (Lipinski definition) is 4. The van der Waals surface area contributed by atoms with Crippen LogP contribution in [0, 0.1) is 6.92 Å². The highest BCUT2D eigenvalue weighted by molar-refractivity contribution is 9.11. The van der Waals surface area contributed by atoms with E-state index in [2.05, 4.69) is 26.0 Å². The summed E-state index contributed by atoms with van der Waals surface area (Å²) in [5.74, 6) is 0.653. The fourth-order valence-electron chi connectivity index (χ4n) is 2.31. The van der Waals surface area contributed by atoms with Gasteiger partial charge in [-0.2, -0.15) is 5.10 Å². The van der Waals surface area contributed by atoms with Crippen LogP contribution in [0.5, 0.6) is 0 Å². The van der Waals surface area contributed by atoms with Crippen molar-refractivity contribution in [1.82, 2.24) is 19.7 Å². The van der Waals surface area contributed by atoms with Gasteiger partial charge in [-0.15, -0.1) is 11.3 Å². The number of hydrogen-bond donors (Lipinski definition) is 0. The normalized spacial score (nSPS) is 10.7. The van der Waals surface area contributed by atoms with Crippen molar-refractivity contribution >= 4 is 33.2 Å². The molecular weight excluding hydrogens is 376 g/mol. The highest BCUT2D eigenvalue weighted by Gasteiger charge is 2.19. The first-order valence-electron chi connectivity index (χ1n) is 7.00. The SMILES string of the molecule is Cc1c(C(=O)N(C)Cc2csc(Br)c2)cnn1-c1ccccn1. The molecule has 0 saturated heterocycles. The van der Waals surface area contributed by atoms with Crippen molar-refractivity contribution in [2.24, 2.45) is 0 Å². The van der Waals surface area contributed by atoms with E-state index in [0.717, 1.165) is 15.0 Å². The van der Waals surface area contributed by atoms with Gasteiger partial charge in [-0.3, -0.25) is 4.79 Å². The number of rotatable bonds is 4. The van der Waals surface area contributed by atoms with Gasteiger partial charge < -0.3 is 4.90 Å². The third kappa shape index (κ3) is 3.35. The zero-order chi connectivity index (χ0) is 16.4. The monoisotopic (exact) mass is 390 g/mol. The molecule has 1 amide bonds. The van der Waals surface area contributed by atoms with Gasteiger partial charge in [-0.05, 0) is 52.0 Å². The molecule has 118 valence electrons. The van der Waals surface area contributed by atoms with Gasteiger partial charge >= 0.3 is 0 Å². The van der Waals surface area contributed by atoms with Crippen LogP contribution in [0.4, 0.5) is 0 Å². The lowest BCUT2D eigenvalue weighted by Gasteiger charge is -2.16. The second-order valence-corrected chi connectivity index (χ2v) is 7.45. The molecule has 0 radical (unpaired) electrons. The summed E-state index contributed by atoms with van der Waals surface area (Å²) in [7, 11) is 1.80. The topological polar surface area (TPSA) is 51.0 Å². The summed E-state index contributed by atoms with van der Waals surface area (Å²) >= 11 is 5.05. The Hall–Kier alpha value is -1.99. The van der Waals surface area contributed by atoms with Crippen LogP contribution in [0.15, 0.2) is 45.8 Å². The van der Waals surface area contributed by atoms with Gasteiger partial charge in [-0.1, -0.05) is 6.07 Å². The molecule has 0 aliphatic rings. The average Bonchev–Trinajstić information content (AvgIpc) is 3.13. The number of pyridine rings is 1. The fourth-order valence-corrected chi connectivity index (χ4v) is 3.51. The van der Waals surface area contributed by atoms with Crippen molar-refractivity contribution in [3.63, 3.8) is 0 Å². The van der Waals surface area contributed by atoms with Crippen LogP contribution in [0.3, 0.4) is 0 Å². The van der Waals surface area contributed by atoms with Crippen LogP contribution in [0.2, 0.25) is 0 Å². The summed E-state index contributed by atoms with van der Waals surface area (Å²) in [5, 5.41) is 6.34. The van der Waals surface area contributed by atoms with Crippen molar-refractivity contribution in [2.45, 2.75) is 13.5 Å². The maximum Gasteiger partial charge on any atom is 0.257 e. The smallest absolute Gasteiger partial charge is 0.257 e. The maximum absolute atomic E-state index is 12.7. The van der Waals surface area contributed by atoms with Gasteiger partial charge in [0, 0.05) is 19.8 Å². The van der Waals surface area contributed by atoms with E-state index in [0.29, 0.717) is 17.9 Å². The molecule has 5 nitrogen and oxygen atoms in total. The molecule has 0 N–H and O–H groups in total. The van der Waals surface area contributed by atoms with Gasteiger partial charge in [0.2, 0.25) is 0 Å². The van der Waals surface area contributed by atoms with Gasteiger partial charge in [0.25, 0.3) is 5.91 Å². The minimum absolute atomic E-state index is 0.0491. The van der Waals surface area contributed by atoms with Crippen molar-refractivity contribution < 1.29 is 4.79 Å². The van der Waals surface area contributed by atoms with E-state index in [-0.39, 0.29) is 5.91 Å². The minimum atomic E-state index is -0.0491. The Labute approximate surface area is 146 Å². The molecule has 0 aliphatic carbocycles. The van der Waals surface area contributed by atoms with Crippen LogP contribution in [-0.4, -0.2) is 32.6 Å². The maximum atomic E-state index is 12.7. The first-order valence-corrected chi connectivity index (χ1v) is 8.68. The predicted octanol–water partition coefficient (Wildman–Crippen LogP) is 3.67. The number of halogens is 1. The third-order valence-electron chi connectivity index (χ3n) is 3.49. The standard InChI is InChI=1S/C16H15BrN4OS/c1-11-13(8-19-21(11)15-5-3-4-6-18-15)16(22)20(2)9-12-7-14(17)23-10-12/h3-8,10H,9H2,1-2H3. The Morgan fingerprint density at radius 1 is 1.43 bits per heavy atom. The average molecular weight is 391 g/mol. The summed E-state index contributed by atoms with van der Waals surface area (Å²) in [6.07, 6.45) is 3.31. The zero-order valence-electron chi connectivity index (χ0n) is 12.7. The molecule has 0 aromatic carbocycles. The molecule has 0 fully saturated rings. The fraction of sp³-hybridized carbons (Fsp3) is 0.188. The zero-order valence-corrected chi connectivity index (χ0v) is 15.1. The Bertz CT molecular complexity index is 828.